The maximum Gasteiger partial charge on any atom is 0.131 e. The normalized spacial score (nSPS) is 16.4. The van der Waals surface area contributed by atoms with Gasteiger partial charge in [-0.3, -0.25) is 0 Å². The molecule has 0 N–H and O–H groups in total. The number of hydrogen-bond acceptors (Lipinski definition) is 1. The third-order valence-corrected chi connectivity index (χ3v) is 5.27. The lowest BCUT2D eigenvalue weighted by molar-refractivity contribution is 0.335. The van der Waals surface area contributed by atoms with E-state index in [4.69, 9.17) is 4.74 Å². The molecule has 2 aromatic carbocycles. The molecule has 132 valence electrons. The van der Waals surface area contributed by atoms with Gasteiger partial charge in [0, 0.05) is 5.56 Å². The van der Waals surface area contributed by atoms with Crippen LogP contribution in [-0.4, -0.2) is 7.11 Å². The van der Waals surface area contributed by atoms with Crippen LogP contribution in [0.5, 0.6) is 5.75 Å². The van der Waals surface area contributed by atoms with Crippen molar-refractivity contribution in [1.29, 1.82) is 0 Å². The number of benzene rings is 2. The van der Waals surface area contributed by atoms with Crippen LogP contribution in [-0.2, 0) is 6.42 Å². The molecular formula is C23H27FO. The van der Waals surface area contributed by atoms with Crippen molar-refractivity contribution in [2.45, 2.75) is 46.5 Å². The van der Waals surface area contributed by atoms with Gasteiger partial charge in [0.25, 0.3) is 0 Å². The van der Waals surface area contributed by atoms with Crippen molar-refractivity contribution >= 4 is 5.57 Å². The van der Waals surface area contributed by atoms with E-state index in [0.29, 0.717) is 16.7 Å². The molecule has 0 unspecified atom stereocenters. The minimum atomic E-state index is -0.206. The Bertz CT molecular complexity index is 802. The molecule has 1 nitrogen and oxygen atoms in total. The van der Waals surface area contributed by atoms with Crippen LogP contribution in [0.15, 0.2) is 42.5 Å². The molecule has 0 aromatic heterocycles. The van der Waals surface area contributed by atoms with Crippen LogP contribution in [0.2, 0.25) is 0 Å². The van der Waals surface area contributed by atoms with Crippen LogP contribution in [0.1, 0.15) is 51.2 Å². The third-order valence-electron chi connectivity index (χ3n) is 5.27. The van der Waals surface area contributed by atoms with Crippen LogP contribution in [0, 0.1) is 11.2 Å². The quantitative estimate of drug-likeness (QED) is 0.606. The Morgan fingerprint density at radius 3 is 2.48 bits per heavy atom. The minimum Gasteiger partial charge on any atom is -0.497 e. The summed E-state index contributed by atoms with van der Waals surface area (Å²) in [6.45, 7) is 6.78. The molecule has 2 aromatic rings. The molecule has 0 amide bonds. The van der Waals surface area contributed by atoms with E-state index in [9.17, 15) is 4.39 Å². The van der Waals surface area contributed by atoms with Crippen molar-refractivity contribution in [3.8, 4) is 16.9 Å². The molecule has 0 heterocycles. The first kappa shape index (κ1) is 17.7. The Labute approximate surface area is 150 Å². The summed E-state index contributed by atoms with van der Waals surface area (Å²) in [7, 11) is 1.61. The number of aryl methyl sites for hydroxylation is 1. The van der Waals surface area contributed by atoms with E-state index in [2.05, 4.69) is 45.0 Å². The summed E-state index contributed by atoms with van der Waals surface area (Å²) in [6, 6.07) is 11.4. The highest BCUT2D eigenvalue weighted by molar-refractivity contribution is 5.83. The summed E-state index contributed by atoms with van der Waals surface area (Å²) in [5, 5.41) is 0. The zero-order valence-corrected chi connectivity index (χ0v) is 15.7. The number of methoxy groups -OCH3 is 1. The maximum absolute atomic E-state index is 14.6. The molecule has 0 saturated carbocycles. The van der Waals surface area contributed by atoms with Crippen LogP contribution >= 0.6 is 0 Å². The minimum absolute atomic E-state index is 0.206. The van der Waals surface area contributed by atoms with Crippen LogP contribution in [0.25, 0.3) is 16.7 Å². The smallest absolute Gasteiger partial charge is 0.131 e. The van der Waals surface area contributed by atoms with Crippen molar-refractivity contribution in [3.63, 3.8) is 0 Å². The third kappa shape index (κ3) is 3.78. The van der Waals surface area contributed by atoms with Crippen molar-refractivity contribution in [1.82, 2.24) is 0 Å². The van der Waals surface area contributed by atoms with E-state index in [1.165, 1.54) is 22.8 Å². The Kier molecular flexibility index (Phi) is 4.99. The second-order valence-electron chi connectivity index (χ2n) is 7.68. The standard InChI is InChI=1S/C23H27FO/c1-5-16-6-8-19(21-15-18(25-4)7-9-22(21)24)20(14-16)17-10-12-23(2,3)13-11-17/h6-10,14-15H,5,11-13H2,1-4H3. The van der Waals surface area contributed by atoms with Crippen LogP contribution in [0.3, 0.4) is 0 Å². The number of halogens is 1. The molecule has 0 radical (unpaired) electrons. The Morgan fingerprint density at radius 1 is 1.04 bits per heavy atom. The zero-order chi connectivity index (χ0) is 18.0. The molecule has 2 heteroatoms. The highest BCUT2D eigenvalue weighted by atomic mass is 19.1. The number of rotatable bonds is 4. The van der Waals surface area contributed by atoms with Gasteiger partial charge in [-0.25, -0.2) is 4.39 Å². The van der Waals surface area contributed by atoms with Crippen molar-refractivity contribution < 1.29 is 9.13 Å². The molecule has 25 heavy (non-hydrogen) atoms. The lowest BCUT2D eigenvalue weighted by Crippen LogP contribution is -2.14. The molecule has 3 rings (SSSR count). The number of hydrogen-bond donors (Lipinski definition) is 0. The van der Waals surface area contributed by atoms with Crippen molar-refractivity contribution in [2.24, 2.45) is 5.41 Å². The van der Waals surface area contributed by atoms with Gasteiger partial charge in [0.2, 0.25) is 0 Å². The molecule has 0 spiro atoms. The summed E-state index contributed by atoms with van der Waals surface area (Å²) in [6.07, 6.45) is 6.60. The van der Waals surface area contributed by atoms with Gasteiger partial charge in [-0.1, -0.05) is 45.0 Å². The van der Waals surface area contributed by atoms with Gasteiger partial charge in [-0.05, 0) is 71.6 Å². The first-order chi connectivity index (χ1) is 11.9. The highest BCUT2D eigenvalue weighted by Gasteiger charge is 2.24. The van der Waals surface area contributed by atoms with Gasteiger partial charge in [0.1, 0.15) is 11.6 Å². The van der Waals surface area contributed by atoms with Crippen LogP contribution in [0.4, 0.5) is 4.39 Å². The predicted octanol–water partition coefficient (Wildman–Crippen LogP) is 6.66. The Hall–Kier alpha value is -2.09. The lowest BCUT2D eigenvalue weighted by Gasteiger charge is -2.29. The summed E-state index contributed by atoms with van der Waals surface area (Å²) in [5.74, 6) is 0.476. The van der Waals surface area contributed by atoms with E-state index >= 15 is 0 Å². The molecular weight excluding hydrogens is 311 g/mol. The van der Waals surface area contributed by atoms with Gasteiger partial charge in [0.05, 0.1) is 7.11 Å². The molecule has 0 saturated heterocycles. The second kappa shape index (κ2) is 7.03. The van der Waals surface area contributed by atoms with E-state index in [-0.39, 0.29) is 5.82 Å². The summed E-state index contributed by atoms with van der Waals surface area (Å²) in [4.78, 5) is 0. The second-order valence-corrected chi connectivity index (χ2v) is 7.68. The average molecular weight is 338 g/mol. The van der Waals surface area contributed by atoms with Gasteiger partial charge in [-0.15, -0.1) is 0 Å². The fourth-order valence-electron chi connectivity index (χ4n) is 3.47. The molecule has 1 aliphatic rings. The van der Waals surface area contributed by atoms with E-state index < -0.39 is 0 Å². The Balaban J connectivity index is 2.13. The zero-order valence-electron chi connectivity index (χ0n) is 15.7. The van der Waals surface area contributed by atoms with Gasteiger partial charge < -0.3 is 4.74 Å². The van der Waals surface area contributed by atoms with Gasteiger partial charge in [0.15, 0.2) is 0 Å². The molecule has 1 aliphatic carbocycles. The SMILES string of the molecule is CCc1ccc(-c2cc(OC)ccc2F)c(C2=CCC(C)(C)CC2)c1. The fourth-order valence-corrected chi connectivity index (χ4v) is 3.47. The first-order valence-corrected chi connectivity index (χ1v) is 9.10. The summed E-state index contributed by atoms with van der Waals surface area (Å²) < 4.78 is 19.9. The molecule has 0 aliphatic heterocycles. The molecule has 0 fully saturated rings. The lowest BCUT2D eigenvalue weighted by atomic mass is 9.76. The van der Waals surface area contributed by atoms with E-state index in [1.807, 2.05) is 0 Å². The first-order valence-electron chi connectivity index (χ1n) is 9.10. The average Bonchev–Trinajstić information content (AvgIpc) is 2.62. The number of allylic oxidation sites excluding steroid dienone is 2. The molecule has 0 atom stereocenters. The van der Waals surface area contributed by atoms with E-state index in [1.54, 1.807) is 19.2 Å². The topological polar surface area (TPSA) is 9.23 Å². The maximum atomic E-state index is 14.6. The van der Waals surface area contributed by atoms with Gasteiger partial charge >= 0.3 is 0 Å². The van der Waals surface area contributed by atoms with E-state index in [0.717, 1.165) is 31.2 Å². The summed E-state index contributed by atoms with van der Waals surface area (Å²) in [5.41, 5.74) is 5.72. The Morgan fingerprint density at radius 2 is 1.84 bits per heavy atom. The molecule has 0 bridgehead atoms. The fraction of sp³-hybridized carbons (Fsp3) is 0.391. The predicted molar refractivity (Wildman–Crippen MR) is 103 cm³/mol. The van der Waals surface area contributed by atoms with Gasteiger partial charge in [-0.2, -0.15) is 0 Å². The largest absolute Gasteiger partial charge is 0.497 e. The summed E-state index contributed by atoms with van der Waals surface area (Å²) >= 11 is 0. The number of ether oxygens (including phenoxy) is 1. The highest BCUT2D eigenvalue weighted by Crippen LogP contribution is 2.41. The monoisotopic (exact) mass is 338 g/mol. The van der Waals surface area contributed by atoms with Crippen molar-refractivity contribution in [2.75, 3.05) is 7.11 Å². The van der Waals surface area contributed by atoms with Crippen LogP contribution < -0.4 is 4.74 Å². The van der Waals surface area contributed by atoms with Crippen molar-refractivity contribution in [3.05, 3.63) is 59.4 Å².